The molecule has 1 aliphatic heterocycles. The van der Waals surface area contributed by atoms with Gasteiger partial charge < -0.3 is 22.1 Å². The van der Waals surface area contributed by atoms with Crippen molar-refractivity contribution >= 4 is 33.0 Å². The Morgan fingerprint density at radius 1 is 1.29 bits per heavy atom. The molecule has 0 radical (unpaired) electrons. The minimum atomic E-state index is -0.568. The minimum Gasteiger partial charge on any atom is -0.385 e. The molecule has 0 aliphatic carbocycles. The Balaban J connectivity index is 1.72. The highest BCUT2D eigenvalue weighted by molar-refractivity contribution is 7.19. The second-order valence-electron chi connectivity index (χ2n) is 5.66. The maximum atomic E-state index is 11.9. The van der Waals surface area contributed by atoms with E-state index in [4.69, 9.17) is 11.5 Å². The number of benzene rings is 1. The fraction of sp³-hybridized carbons (Fsp3) is 0.375. The SMILES string of the molecule is NC(=O)/C(=C(\N)NCCN1CCNCC1)c1nc2ccccc2s1. The molecular weight excluding hydrogens is 324 g/mol. The van der Waals surface area contributed by atoms with E-state index in [2.05, 4.69) is 20.5 Å². The van der Waals surface area contributed by atoms with Gasteiger partial charge in [-0.1, -0.05) is 12.1 Å². The van der Waals surface area contributed by atoms with E-state index in [0.29, 0.717) is 11.6 Å². The van der Waals surface area contributed by atoms with E-state index in [1.54, 1.807) is 0 Å². The van der Waals surface area contributed by atoms with Crippen LogP contribution >= 0.6 is 11.3 Å². The van der Waals surface area contributed by atoms with Crippen LogP contribution in [0.3, 0.4) is 0 Å². The van der Waals surface area contributed by atoms with E-state index in [1.165, 1.54) is 11.3 Å². The Bertz CT molecular complexity index is 717. The Labute approximate surface area is 144 Å². The van der Waals surface area contributed by atoms with E-state index in [0.717, 1.165) is 42.9 Å². The van der Waals surface area contributed by atoms with Crippen LogP contribution in [0.1, 0.15) is 5.01 Å². The van der Waals surface area contributed by atoms with E-state index in [9.17, 15) is 4.79 Å². The van der Waals surface area contributed by atoms with Gasteiger partial charge in [-0.25, -0.2) is 4.98 Å². The summed E-state index contributed by atoms with van der Waals surface area (Å²) in [7, 11) is 0. The molecule has 1 aromatic heterocycles. The largest absolute Gasteiger partial charge is 0.385 e. The maximum absolute atomic E-state index is 11.9. The summed E-state index contributed by atoms with van der Waals surface area (Å²) in [6.07, 6.45) is 0. The van der Waals surface area contributed by atoms with Gasteiger partial charge in [0.2, 0.25) is 0 Å². The molecule has 128 valence electrons. The number of fused-ring (bicyclic) bond motifs is 1. The molecule has 1 fully saturated rings. The zero-order valence-electron chi connectivity index (χ0n) is 13.4. The molecule has 24 heavy (non-hydrogen) atoms. The molecule has 3 rings (SSSR count). The second-order valence-corrected chi connectivity index (χ2v) is 6.69. The smallest absolute Gasteiger partial charge is 0.255 e. The molecule has 1 amide bonds. The van der Waals surface area contributed by atoms with E-state index in [-0.39, 0.29) is 11.4 Å². The van der Waals surface area contributed by atoms with Crippen LogP contribution in [0.4, 0.5) is 0 Å². The third-order valence-corrected chi connectivity index (χ3v) is 5.03. The molecule has 2 aromatic rings. The molecule has 0 bridgehead atoms. The number of carbonyl (C=O) groups is 1. The molecule has 2 heterocycles. The van der Waals surface area contributed by atoms with Gasteiger partial charge in [-0.3, -0.25) is 9.69 Å². The summed E-state index contributed by atoms with van der Waals surface area (Å²) in [6, 6.07) is 7.71. The van der Waals surface area contributed by atoms with E-state index < -0.39 is 5.91 Å². The van der Waals surface area contributed by atoms with E-state index in [1.807, 2.05) is 24.3 Å². The van der Waals surface area contributed by atoms with Crippen LogP contribution in [0.25, 0.3) is 15.8 Å². The van der Waals surface area contributed by atoms with Crippen LogP contribution < -0.4 is 22.1 Å². The van der Waals surface area contributed by atoms with Gasteiger partial charge >= 0.3 is 0 Å². The zero-order chi connectivity index (χ0) is 16.9. The summed E-state index contributed by atoms with van der Waals surface area (Å²) in [5.41, 5.74) is 12.7. The number of para-hydroxylation sites is 1. The first-order valence-electron chi connectivity index (χ1n) is 7.97. The number of hydrogen-bond acceptors (Lipinski definition) is 7. The summed E-state index contributed by atoms with van der Waals surface area (Å²) in [5, 5.41) is 6.98. The summed E-state index contributed by atoms with van der Waals surface area (Å²) >= 11 is 1.42. The Morgan fingerprint density at radius 3 is 2.75 bits per heavy atom. The number of amides is 1. The van der Waals surface area contributed by atoms with Crippen molar-refractivity contribution in [3.05, 3.63) is 35.1 Å². The normalized spacial score (nSPS) is 16.8. The van der Waals surface area contributed by atoms with Gasteiger partial charge in [-0.05, 0) is 12.1 Å². The first kappa shape index (κ1) is 16.7. The van der Waals surface area contributed by atoms with E-state index >= 15 is 0 Å². The first-order chi connectivity index (χ1) is 11.6. The van der Waals surface area contributed by atoms with Crippen molar-refractivity contribution < 1.29 is 4.79 Å². The molecule has 0 atom stereocenters. The van der Waals surface area contributed by atoms with Crippen LogP contribution in [0.15, 0.2) is 30.1 Å². The predicted molar refractivity (Wildman–Crippen MR) is 97.2 cm³/mol. The number of nitrogens with one attached hydrogen (secondary N) is 2. The topological polar surface area (TPSA) is 109 Å². The molecule has 0 unspecified atom stereocenters. The highest BCUT2D eigenvalue weighted by Gasteiger charge is 2.18. The van der Waals surface area contributed by atoms with Gasteiger partial charge in [0.1, 0.15) is 16.4 Å². The van der Waals surface area contributed by atoms with Crippen LogP contribution in [0, 0.1) is 0 Å². The quantitative estimate of drug-likeness (QED) is 0.544. The van der Waals surface area contributed by atoms with Crippen molar-refractivity contribution in [1.29, 1.82) is 0 Å². The number of hydrogen-bond donors (Lipinski definition) is 4. The fourth-order valence-corrected chi connectivity index (χ4v) is 3.73. The number of piperazine rings is 1. The number of primary amides is 1. The standard InChI is InChI=1S/C16H22N6OS/c17-14(20-7-10-22-8-5-19-6-9-22)13(15(18)23)16-21-11-3-1-2-4-12(11)24-16/h1-4,19-20H,5-10,17H2,(H2,18,23)/b14-13-. The average Bonchev–Trinajstić information content (AvgIpc) is 2.98. The summed E-state index contributed by atoms with van der Waals surface area (Å²) < 4.78 is 1.000. The lowest BCUT2D eigenvalue weighted by molar-refractivity contribution is -0.112. The summed E-state index contributed by atoms with van der Waals surface area (Å²) in [6.45, 7) is 5.58. The Morgan fingerprint density at radius 2 is 2.04 bits per heavy atom. The maximum Gasteiger partial charge on any atom is 0.255 e. The predicted octanol–water partition coefficient (Wildman–Crippen LogP) is -0.0963. The number of nitrogens with two attached hydrogens (primary N) is 2. The lowest BCUT2D eigenvalue weighted by atomic mass is 10.2. The van der Waals surface area contributed by atoms with Gasteiger partial charge in [-0.15, -0.1) is 11.3 Å². The van der Waals surface area contributed by atoms with Crippen molar-refractivity contribution in [3.63, 3.8) is 0 Å². The molecule has 1 saturated heterocycles. The summed E-state index contributed by atoms with van der Waals surface area (Å²) in [5.74, 6) is -0.280. The monoisotopic (exact) mass is 346 g/mol. The molecule has 1 aromatic carbocycles. The minimum absolute atomic E-state index is 0.261. The van der Waals surface area contributed by atoms with Crippen LogP contribution in [-0.4, -0.2) is 55.1 Å². The average molecular weight is 346 g/mol. The number of nitrogens with zero attached hydrogens (tertiary/aromatic N) is 2. The number of thiazole rings is 1. The van der Waals surface area contributed by atoms with Crippen LogP contribution in [0.5, 0.6) is 0 Å². The molecule has 8 heteroatoms. The third kappa shape index (κ3) is 3.84. The highest BCUT2D eigenvalue weighted by atomic mass is 32.1. The van der Waals surface area contributed by atoms with Crippen molar-refractivity contribution in [2.45, 2.75) is 0 Å². The second kappa shape index (κ2) is 7.61. The van der Waals surface area contributed by atoms with Gasteiger partial charge in [0.05, 0.1) is 10.2 Å². The molecule has 0 saturated carbocycles. The lowest BCUT2D eigenvalue weighted by Crippen LogP contribution is -2.46. The molecular formula is C16H22N6OS. The molecule has 1 aliphatic rings. The summed E-state index contributed by atoms with van der Waals surface area (Å²) in [4.78, 5) is 18.7. The van der Waals surface area contributed by atoms with Gasteiger partial charge in [0, 0.05) is 39.3 Å². The highest BCUT2D eigenvalue weighted by Crippen LogP contribution is 2.27. The molecule has 6 N–H and O–H groups in total. The van der Waals surface area contributed by atoms with Crippen molar-refractivity contribution in [3.8, 4) is 0 Å². The van der Waals surface area contributed by atoms with Crippen molar-refractivity contribution in [2.24, 2.45) is 11.5 Å². The zero-order valence-corrected chi connectivity index (χ0v) is 14.2. The number of rotatable bonds is 6. The van der Waals surface area contributed by atoms with Gasteiger partial charge in [-0.2, -0.15) is 0 Å². The van der Waals surface area contributed by atoms with Crippen LogP contribution in [0.2, 0.25) is 0 Å². The van der Waals surface area contributed by atoms with Gasteiger partial charge in [0.25, 0.3) is 5.91 Å². The molecule has 7 nitrogen and oxygen atoms in total. The van der Waals surface area contributed by atoms with Crippen LogP contribution in [-0.2, 0) is 4.79 Å². The number of carbonyl (C=O) groups excluding carboxylic acids is 1. The number of aromatic nitrogens is 1. The lowest BCUT2D eigenvalue weighted by Gasteiger charge is -2.27. The Kier molecular flexibility index (Phi) is 5.29. The van der Waals surface area contributed by atoms with Crippen molar-refractivity contribution in [1.82, 2.24) is 20.5 Å². The molecule has 0 spiro atoms. The Hall–Kier alpha value is -2.16. The first-order valence-corrected chi connectivity index (χ1v) is 8.79. The fourth-order valence-electron chi connectivity index (χ4n) is 2.70. The third-order valence-electron chi connectivity index (χ3n) is 3.98. The van der Waals surface area contributed by atoms with Gasteiger partial charge in [0.15, 0.2) is 0 Å². The van der Waals surface area contributed by atoms with Crippen molar-refractivity contribution in [2.75, 3.05) is 39.3 Å².